The van der Waals surface area contributed by atoms with Gasteiger partial charge in [0.25, 0.3) is 0 Å². The van der Waals surface area contributed by atoms with E-state index in [1.165, 1.54) is 0 Å². The quantitative estimate of drug-likeness (QED) is 0.473. The van der Waals surface area contributed by atoms with Gasteiger partial charge in [0.05, 0.1) is 30.5 Å². The standard InChI is InChI=1S/C22H23ClN4O3/c1-24-22(26-13-17-14-30-21(27-17)16-6-3-2-4-7-16)25-12-15-10-18(23)20-19(11-15)28-8-5-9-29-20/h2-4,6-7,10-11,14H,5,8-9,12-13H2,1H3,(H2,24,25,26). The van der Waals surface area contributed by atoms with Crippen molar-refractivity contribution in [2.24, 2.45) is 4.99 Å². The Morgan fingerprint density at radius 1 is 1.10 bits per heavy atom. The number of oxazole rings is 1. The number of hydrogen-bond acceptors (Lipinski definition) is 5. The average molecular weight is 427 g/mol. The Kier molecular flexibility index (Phi) is 6.39. The van der Waals surface area contributed by atoms with Crippen molar-refractivity contribution in [3.8, 4) is 23.0 Å². The average Bonchev–Trinajstić information content (AvgIpc) is 3.12. The lowest BCUT2D eigenvalue weighted by Gasteiger charge is -2.14. The van der Waals surface area contributed by atoms with E-state index in [4.69, 9.17) is 25.5 Å². The van der Waals surface area contributed by atoms with Gasteiger partial charge in [-0.1, -0.05) is 29.8 Å². The van der Waals surface area contributed by atoms with Crippen molar-refractivity contribution >= 4 is 17.6 Å². The molecule has 0 fully saturated rings. The predicted octanol–water partition coefficient (Wildman–Crippen LogP) is 4.02. The van der Waals surface area contributed by atoms with Crippen LogP contribution in [0.5, 0.6) is 11.5 Å². The molecule has 0 spiro atoms. The Morgan fingerprint density at radius 3 is 2.73 bits per heavy atom. The van der Waals surface area contributed by atoms with Crippen LogP contribution in [0.25, 0.3) is 11.5 Å². The number of aliphatic imine (C=N–C) groups is 1. The lowest BCUT2D eigenvalue weighted by atomic mass is 10.2. The van der Waals surface area contributed by atoms with E-state index in [-0.39, 0.29) is 0 Å². The first-order chi connectivity index (χ1) is 14.7. The Morgan fingerprint density at radius 2 is 1.90 bits per heavy atom. The molecule has 0 unspecified atom stereocenters. The molecule has 3 aromatic rings. The second kappa shape index (κ2) is 9.54. The zero-order chi connectivity index (χ0) is 20.8. The third kappa shape index (κ3) is 4.86. The molecule has 0 saturated heterocycles. The van der Waals surface area contributed by atoms with Gasteiger partial charge < -0.3 is 24.5 Å². The van der Waals surface area contributed by atoms with Gasteiger partial charge in [0.1, 0.15) is 6.26 Å². The normalized spacial score (nSPS) is 13.6. The zero-order valence-electron chi connectivity index (χ0n) is 16.7. The Bertz CT molecular complexity index is 1020. The van der Waals surface area contributed by atoms with Crippen molar-refractivity contribution in [1.29, 1.82) is 0 Å². The fraction of sp³-hybridized carbons (Fsp3) is 0.273. The minimum Gasteiger partial charge on any atom is -0.489 e. The van der Waals surface area contributed by atoms with Gasteiger partial charge in [0, 0.05) is 25.6 Å². The summed E-state index contributed by atoms with van der Waals surface area (Å²) < 4.78 is 17.0. The van der Waals surface area contributed by atoms with E-state index < -0.39 is 0 Å². The highest BCUT2D eigenvalue weighted by Gasteiger charge is 2.16. The van der Waals surface area contributed by atoms with Gasteiger partial charge in [-0.25, -0.2) is 4.98 Å². The van der Waals surface area contributed by atoms with Gasteiger partial charge in [0.2, 0.25) is 5.89 Å². The van der Waals surface area contributed by atoms with Crippen molar-refractivity contribution in [3.05, 3.63) is 65.0 Å². The number of rotatable bonds is 5. The third-order valence-corrected chi connectivity index (χ3v) is 4.84. The molecule has 0 aliphatic carbocycles. The molecule has 0 atom stereocenters. The number of hydrogen-bond donors (Lipinski definition) is 2. The first-order valence-electron chi connectivity index (χ1n) is 9.75. The molecule has 156 valence electrons. The van der Waals surface area contributed by atoms with Gasteiger partial charge >= 0.3 is 0 Å². The minimum atomic E-state index is 0.484. The maximum Gasteiger partial charge on any atom is 0.226 e. The van der Waals surface area contributed by atoms with Gasteiger partial charge in [-0.3, -0.25) is 4.99 Å². The molecule has 1 aliphatic rings. The monoisotopic (exact) mass is 426 g/mol. The number of fused-ring (bicyclic) bond motifs is 1. The molecular weight excluding hydrogens is 404 g/mol. The van der Waals surface area contributed by atoms with Crippen molar-refractivity contribution in [3.63, 3.8) is 0 Å². The number of nitrogens with one attached hydrogen (secondary N) is 2. The van der Waals surface area contributed by atoms with E-state index in [1.807, 2.05) is 42.5 Å². The molecule has 1 aliphatic heterocycles. The van der Waals surface area contributed by atoms with E-state index in [0.717, 1.165) is 23.2 Å². The SMILES string of the molecule is CN=C(NCc1cc(Cl)c2c(c1)OCCCO2)NCc1coc(-c2ccccc2)n1. The summed E-state index contributed by atoms with van der Waals surface area (Å²) in [4.78, 5) is 8.77. The lowest BCUT2D eigenvalue weighted by molar-refractivity contribution is 0.297. The van der Waals surface area contributed by atoms with Crippen molar-refractivity contribution < 1.29 is 13.9 Å². The van der Waals surface area contributed by atoms with Gasteiger partial charge in [-0.05, 0) is 29.8 Å². The second-order valence-corrected chi connectivity index (χ2v) is 7.15. The predicted molar refractivity (Wildman–Crippen MR) is 116 cm³/mol. The molecule has 0 radical (unpaired) electrons. The van der Waals surface area contributed by atoms with Crippen LogP contribution in [0.3, 0.4) is 0 Å². The van der Waals surface area contributed by atoms with Crippen LogP contribution in [0, 0.1) is 0 Å². The molecule has 2 heterocycles. The number of ether oxygens (including phenoxy) is 2. The first-order valence-corrected chi connectivity index (χ1v) is 10.1. The second-order valence-electron chi connectivity index (χ2n) is 6.74. The van der Waals surface area contributed by atoms with Crippen LogP contribution in [0.2, 0.25) is 5.02 Å². The molecule has 1 aromatic heterocycles. The largest absolute Gasteiger partial charge is 0.489 e. The number of halogens is 1. The Balaban J connectivity index is 1.34. The molecule has 0 amide bonds. The van der Waals surface area contributed by atoms with E-state index in [1.54, 1.807) is 13.3 Å². The molecule has 4 rings (SSSR count). The van der Waals surface area contributed by atoms with Crippen molar-refractivity contribution in [2.45, 2.75) is 19.5 Å². The Hall–Kier alpha value is -3.19. The fourth-order valence-electron chi connectivity index (χ4n) is 3.07. The van der Waals surface area contributed by atoms with Gasteiger partial charge in [-0.2, -0.15) is 0 Å². The first kappa shape index (κ1) is 20.1. The van der Waals surface area contributed by atoms with Crippen LogP contribution in [0.4, 0.5) is 0 Å². The molecule has 8 heteroatoms. The summed E-state index contributed by atoms with van der Waals surface area (Å²) in [5, 5.41) is 7.05. The third-order valence-electron chi connectivity index (χ3n) is 4.55. The number of benzene rings is 2. The molecular formula is C22H23ClN4O3. The smallest absolute Gasteiger partial charge is 0.226 e. The molecule has 7 nitrogen and oxygen atoms in total. The van der Waals surface area contributed by atoms with E-state index in [9.17, 15) is 0 Å². The molecule has 0 saturated carbocycles. The number of guanidine groups is 1. The summed E-state index contributed by atoms with van der Waals surface area (Å²) in [7, 11) is 1.72. The highest BCUT2D eigenvalue weighted by atomic mass is 35.5. The maximum absolute atomic E-state index is 6.37. The molecule has 30 heavy (non-hydrogen) atoms. The molecule has 0 bridgehead atoms. The van der Waals surface area contributed by atoms with Crippen LogP contribution in [0.1, 0.15) is 17.7 Å². The van der Waals surface area contributed by atoms with Crippen molar-refractivity contribution in [1.82, 2.24) is 15.6 Å². The summed E-state index contributed by atoms with van der Waals surface area (Å²) in [6.45, 7) is 2.24. The molecule has 2 N–H and O–H groups in total. The minimum absolute atomic E-state index is 0.484. The fourth-order valence-corrected chi connectivity index (χ4v) is 3.36. The summed E-state index contributed by atoms with van der Waals surface area (Å²) in [5.41, 5.74) is 2.70. The van der Waals surface area contributed by atoms with E-state index in [2.05, 4.69) is 20.6 Å². The number of aromatic nitrogens is 1. The van der Waals surface area contributed by atoms with Crippen LogP contribution in [-0.2, 0) is 13.1 Å². The van der Waals surface area contributed by atoms with Crippen LogP contribution < -0.4 is 20.1 Å². The van der Waals surface area contributed by atoms with Crippen LogP contribution >= 0.6 is 11.6 Å². The molecule has 2 aromatic carbocycles. The van der Waals surface area contributed by atoms with Gasteiger partial charge in [0.15, 0.2) is 17.5 Å². The summed E-state index contributed by atoms with van der Waals surface area (Å²) in [6, 6.07) is 13.6. The summed E-state index contributed by atoms with van der Waals surface area (Å²) in [6.07, 6.45) is 2.48. The lowest BCUT2D eigenvalue weighted by Crippen LogP contribution is -2.36. The number of nitrogens with zero attached hydrogens (tertiary/aromatic N) is 2. The Labute approximate surface area is 180 Å². The highest BCUT2D eigenvalue weighted by molar-refractivity contribution is 6.32. The van der Waals surface area contributed by atoms with E-state index >= 15 is 0 Å². The topological polar surface area (TPSA) is 80.9 Å². The summed E-state index contributed by atoms with van der Waals surface area (Å²) >= 11 is 6.37. The van der Waals surface area contributed by atoms with Crippen molar-refractivity contribution in [2.75, 3.05) is 20.3 Å². The highest BCUT2D eigenvalue weighted by Crippen LogP contribution is 2.37. The zero-order valence-corrected chi connectivity index (χ0v) is 17.4. The maximum atomic E-state index is 6.37. The van der Waals surface area contributed by atoms with E-state index in [0.29, 0.717) is 54.7 Å². The summed E-state index contributed by atoms with van der Waals surface area (Å²) in [5.74, 6) is 2.52. The van der Waals surface area contributed by atoms with Gasteiger partial charge in [-0.15, -0.1) is 0 Å². The van der Waals surface area contributed by atoms with Crippen LogP contribution in [0.15, 0.2) is 58.1 Å². The van der Waals surface area contributed by atoms with Crippen LogP contribution in [-0.4, -0.2) is 31.2 Å².